The molecule has 0 spiro atoms. The predicted octanol–water partition coefficient (Wildman–Crippen LogP) is 0.513. The number of rotatable bonds is 4. The smallest absolute Gasteiger partial charge is 0.267 e. The first-order valence-electron chi connectivity index (χ1n) is 2.19. The van der Waals surface area contributed by atoms with Crippen molar-refractivity contribution >= 4 is 23.8 Å². The second-order valence-corrected chi connectivity index (χ2v) is 3.46. The van der Waals surface area contributed by atoms with Crippen LogP contribution in [0.3, 0.4) is 0 Å². The summed E-state index contributed by atoms with van der Waals surface area (Å²) >= 11 is 2.99. The second-order valence-electron chi connectivity index (χ2n) is 1.15. The molecule has 6 heteroatoms. The maximum absolute atomic E-state index is 10.3. The minimum absolute atomic E-state index is 0.106. The van der Waals surface area contributed by atoms with Crippen molar-refractivity contribution in [3.63, 3.8) is 0 Å². The Labute approximate surface area is 61.9 Å². The molecular weight excluding hydrogens is 211 g/mol. The van der Waals surface area contributed by atoms with E-state index in [1.165, 1.54) is 0 Å². The van der Waals surface area contributed by atoms with E-state index in [4.69, 9.17) is 0 Å². The van der Waals surface area contributed by atoms with E-state index in [-0.39, 0.29) is 6.61 Å². The van der Waals surface area contributed by atoms with E-state index in [0.29, 0.717) is 5.33 Å². The Balaban J connectivity index is 3.46. The number of hydrogen-bond acceptors (Lipinski definition) is 4. The largest absolute Gasteiger partial charge is 0.756 e. The molecule has 0 radical (unpaired) electrons. The number of alkyl halides is 1. The summed E-state index contributed by atoms with van der Waals surface area (Å²) in [4.78, 5) is 10.3. The first kappa shape index (κ1) is 9.59. The van der Waals surface area contributed by atoms with Crippen LogP contribution in [-0.2, 0) is 13.6 Å². The standard InChI is InChI=1S/C3H8BrO4P/c1-7-9(5,6)8-3-2-4/h2-3H2,1H3,(H,5,6)/p-1. The Morgan fingerprint density at radius 1 is 1.78 bits per heavy atom. The van der Waals surface area contributed by atoms with Gasteiger partial charge in [0.25, 0.3) is 7.82 Å². The third-order valence-electron chi connectivity index (χ3n) is 0.550. The van der Waals surface area contributed by atoms with E-state index >= 15 is 0 Å². The van der Waals surface area contributed by atoms with Crippen LogP contribution in [-0.4, -0.2) is 19.0 Å². The van der Waals surface area contributed by atoms with Crippen molar-refractivity contribution in [2.75, 3.05) is 19.0 Å². The van der Waals surface area contributed by atoms with Crippen molar-refractivity contribution in [3.8, 4) is 0 Å². The van der Waals surface area contributed by atoms with Crippen LogP contribution in [0.1, 0.15) is 0 Å². The van der Waals surface area contributed by atoms with Crippen molar-refractivity contribution in [2.45, 2.75) is 0 Å². The van der Waals surface area contributed by atoms with Crippen molar-refractivity contribution in [3.05, 3.63) is 0 Å². The molecule has 0 amide bonds. The molecule has 4 nitrogen and oxygen atoms in total. The molecule has 0 rings (SSSR count). The highest BCUT2D eigenvalue weighted by Crippen LogP contribution is 2.36. The van der Waals surface area contributed by atoms with Gasteiger partial charge in [0.15, 0.2) is 0 Å². The molecule has 0 N–H and O–H groups in total. The van der Waals surface area contributed by atoms with Crippen LogP contribution in [0, 0.1) is 0 Å². The lowest BCUT2D eigenvalue weighted by atomic mass is 10.9. The van der Waals surface area contributed by atoms with Crippen LogP contribution in [0.5, 0.6) is 0 Å². The third-order valence-corrected chi connectivity index (χ3v) is 1.82. The first-order valence-corrected chi connectivity index (χ1v) is 4.78. The van der Waals surface area contributed by atoms with Crippen LogP contribution in [0.15, 0.2) is 0 Å². The third kappa shape index (κ3) is 5.06. The molecule has 1 atom stereocenters. The van der Waals surface area contributed by atoms with E-state index in [9.17, 15) is 9.46 Å². The van der Waals surface area contributed by atoms with Crippen LogP contribution in [0.4, 0.5) is 0 Å². The molecule has 0 aliphatic rings. The quantitative estimate of drug-likeness (QED) is 0.509. The summed E-state index contributed by atoms with van der Waals surface area (Å²) in [6.07, 6.45) is 0. The number of halogens is 1. The normalized spacial score (nSPS) is 17.2. The molecule has 0 aliphatic heterocycles. The van der Waals surface area contributed by atoms with E-state index < -0.39 is 7.82 Å². The van der Waals surface area contributed by atoms with Gasteiger partial charge in [0, 0.05) is 12.4 Å². The van der Waals surface area contributed by atoms with Crippen LogP contribution < -0.4 is 4.89 Å². The van der Waals surface area contributed by atoms with Crippen LogP contribution >= 0.6 is 23.8 Å². The maximum Gasteiger partial charge on any atom is 0.267 e. The number of phosphoric ester groups is 1. The summed E-state index contributed by atoms with van der Waals surface area (Å²) in [5, 5.41) is 0.475. The molecule has 0 bridgehead atoms. The average molecular weight is 218 g/mol. The summed E-state index contributed by atoms with van der Waals surface area (Å²) in [6, 6.07) is 0. The molecule has 0 aliphatic carbocycles. The van der Waals surface area contributed by atoms with E-state index in [1.807, 2.05) is 0 Å². The Morgan fingerprint density at radius 2 is 2.33 bits per heavy atom. The van der Waals surface area contributed by atoms with Gasteiger partial charge in [0.05, 0.1) is 6.61 Å². The van der Waals surface area contributed by atoms with Gasteiger partial charge in [-0.25, -0.2) is 0 Å². The van der Waals surface area contributed by atoms with E-state index in [0.717, 1.165) is 7.11 Å². The van der Waals surface area contributed by atoms with Gasteiger partial charge in [0.1, 0.15) is 0 Å². The lowest BCUT2D eigenvalue weighted by Gasteiger charge is -2.18. The van der Waals surface area contributed by atoms with Gasteiger partial charge in [-0.05, 0) is 0 Å². The van der Waals surface area contributed by atoms with Crippen LogP contribution in [0.2, 0.25) is 0 Å². The Bertz CT molecular complexity index is 116. The molecule has 0 aromatic heterocycles. The molecule has 0 saturated heterocycles. The summed E-state index contributed by atoms with van der Waals surface area (Å²) in [5.74, 6) is 0. The second kappa shape index (κ2) is 4.41. The maximum atomic E-state index is 10.3. The minimum atomic E-state index is -3.97. The fraction of sp³-hybridized carbons (Fsp3) is 1.00. The number of hydrogen-bond donors (Lipinski definition) is 0. The van der Waals surface area contributed by atoms with Gasteiger partial charge in [-0.2, -0.15) is 0 Å². The zero-order chi connectivity index (χ0) is 7.33. The van der Waals surface area contributed by atoms with E-state index in [2.05, 4.69) is 25.0 Å². The van der Waals surface area contributed by atoms with E-state index in [1.54, 1.807) is 0 Å². The lowest BCUT2D eigenvalue weighted by Crippen LogP contribution is -2.07. The van der Waals surface area contributed by atoms with Gasteiger partial charge in [-0.1, -0.05) is 15.9 Å². The molecule has 0 saturated carbocycles. The highest BCUT2D eigenvalue weighted by molar-refractivity contribution is 9.09. The minimum Gasteiger partial charge on any atom is -0.756 e. The van der Waals surface area contributed by atoms with Crippen molar-refractivity contribution < 1.29 is 18.5 Å². The molecular formula is C3H7BrO4P-. The Morgan fingerprint density at radius 3 is 2.67 bits per heavy atom. The first-order chi connectivity index (χ1) is 4.12. The highest BCUT2D eigenvalue weighted by atomic mass is 79.9. The van der Waals surface area contributed by atoms with Gasteiger partial charge in [0.2, 0.25) is 0 Å². The zero-order valence-electron chi connectivity index (χ0n) is 4.87. The van der Waals surface area contributed by atoms with Crippen molar-refractivity contribution in [2.24, 2.45) is 0 Å². The molecule has 0 heterocycles. The Hall–Kier alpha value is 0.590. The molecule has 0 aromatic rings. The summed E-state index contributed by atoms with van der Waals surface area (Å²) in [5.41, 5.74) is 0. The summed E-state index contributed by atoms with van der Waals surface area (Å²) in [6.45, 7) is 0.106. The molecule has 56 valence electrons. The van der Waals surface area contributed by atoms with Crippen molar-refractivity contribution in [1.82, 2.24) is 0 Å². The van der Waals surface area contributed by atoms with Crippen molar-refractivity contribution in [1.29, 1.82) is 0 Å². The fourth-order valence-corrected chi connectivity index (χ4v) is 1.03. The molecule has 0 fully saturated rings. The van der Waals surface area contributed by atoms with Gasteiger partial charge in [-0.15, -0.1) is 0 Å². The number of phosphoric acid groups is 1. The highest BCUT2D eigenvalue weighted by Gasteiger charge is 2.03. The fourth-order valence-electron chi connectivity index (χ4n) is 0.199. The SMILES string of the molecule is COP(=O)([O-])OCCBr. The lowest BCUT2D eigenvalue weighted by molar-refractivity contribution is -0.222. The van der Waals surface area contributed by atoms with Gasteiger partial charge < -0.3 is 13.9 Å². The average Bonchev–Trinajstić information content (AvgIpc) is 1.84. The molecule has 1 unspecified atom stereocenters. The summed E-state index contributed by atoms with van der Waals surface area (Å²) < 4.78 is 18.6. The zero-order valence-corrected chi connectivity index (χ0v) is 7.35. The predicted molar refractivity (Wildman–Crippen MR) is 34.4 cm³/mol. The monoisotopic (exact) mass is 217 g/mol. The molecule has 0 aromatic carbocycles. The summed E-state index contributed by atoms with van der Waals surface area (Å²) in [7, 11) is -2.91. The van der Waals surface area contributed by atoms with Gasteiger partial charge in [-0.3, -0.25) is 4.57 Å². The topological polar surface area (TPSA) is 58.6 Å². The Kier molecular flexibility index (Phi) is 4.70. The van der Waals surface area contributed by atoms with Gasteiger partial charge >= 0.3 is 0 Å². The molecule has 9 heavy (non-hydrogen) atoms. The van der Waals surface area contributed by atoms with Crippen LogP contribution in [0.25, 0.3) is 0 Å².